The molecular formula is C19H18N4O2S. The average molecular weight is 366 g/mol. The molecule has 0 spiro atoms. The summed E-state index contributed by atoms with van der Waals surface area (Å²) < 4.78 is 27.2. The van der Waals surface area contributed by atoms with Crippen LogP contribution in [0.4, 0.5) is 0 Å². The molecule has 26 heavy (non-hydrogen) atoms. The molecule has 0 saturated carbocycles. The summed E-state index contributed by atoms with van der Waals surface area (Å²) >= 11 is 0. The van der Waals surface area contributed by atoms with E-state index in [0.717, 1.165) is 16.8 Å². The molecule has 0 aliphatic carbocycles. The molecule has 0 bridgehead atoms. The third-order valence-corrected chi connectivity index (χ3v) is 6.08. The second-order valence-corrected chi connectivity index (χ2v) is 8.00. The molecule has 2 aliphatic rings. The fourth-order valence-corrected chi connectivity index (χ4v) is 4.37. The van der Waals surface area contributed by atoms with E-state index in [2.05, 4.69) is 5.32 Å². The SMILES string of the molecule is Cc1ccc(S(=O)(=O)N2CC=C3NC(c4ccccc4)=CC(=N)N32)cc1. The van der Waals surface area contributed by atoms with Gasteiger partial charge in [0.25, 0.3) is 10.0 Å². The molecule has 4 rings (SSSR count). The second kappa shape index (κ2) is 6.12. The first-order valence-corrected chi connectivity index (χ1v) is 9.63. The topological polar surface area (TPSA) is 76.5 Å². The van der Waals surface area contributed by atoms with E-state index in [1.54, 1.807) is 36.4 Å². The maximum Gasteiger partial charge on any atom is 0.260 e. The summed E-state index contributed by atoms with van der Waals surface area (Å²) in [5.74, 6) is 0.675. The molecule has 2 heterocycles. The van der Waals surface area contributed by atoms with Crippen LogP contribution in [0.2, 0.25) is 0 Å². The molecule has 0 unspecified atom stereocenters. The molecule has 0 fully saturated rings. The zero-order valence-electron chi connectivity index (χ0n) is 14.2. The lowest BCUT2D eigenvalue weighted by molar-refractivity contribution is 0.225. The summed E-state index contributed by atoms with van der Waals surface area (Å²) in [5, 5.41) is 13.0. The van der Waals surface area contributed by atoms with Crippen LogP contribution >= 0.6 is 0 Å². The van der Waals surface area contributed by atoms with Crippen LogP contribution in [0.1, 0.15) is 11.1 Å². The van der Waals surface area contributed by atoms with Crippen LogP contribution in [0.25, 0.3) is 5.70 Å². The molecule has 0 aromatic heterocycles. The Balaban J connectivity index is 1.67. The number of nitrogens with zero attached hydrogens (tertiary/aromatic N) is 2. The van der Waals surface area contributed by atoms with Gasteiger partial charge >= 0.3 is 0 Å². The number of benzene rings is 2. The predicted octanol–water partition coefficient (Wildman–Crippen LogP) is 2.68. The van der Waals surface area contributed by atoms with Crippen LogP contribution in [-0.2, 0) is 10.0 Å². The van der Waals surface area contributed by atoms with Crippen molar-refractivity contribution in [2.24, 2.45) is 0 Å². The monoisotopic (exact) mass is 366 g/mol. The Morgan fingerprint density at radius 3 is 2.42 bits per heavy atom. The zero-order valence-corrected chi connectivity index (χ0v) is 15.0. The van der Waals surface area contributed by atoms with Gasteiger partial charge in [-0.05, 0) is 30.7 Å². The van der Waals surface area contributed by atoms with Crippen LogP contribution < -0.4 is 5.32 Å². The Bertz CT molecular complexity index is 1020. The molecule has 2 aromatic carbocycles. The van der Waals surface area contributed by atoms with E-state index in [4.69, 9.17) is 5.41 Å². The van der Waals surface area contributed by atoms with E-state index in [0.29, 0.717) is 5.82 Å². The lowest BCUT2D eigenvalue weighted by atomic mass is 10.1. The highest BCUT2D eigenvalue weighted by Crippen LogP contribution is 2.29. The fourth-order valence-electron chi connectivity index (χ4n) is 2.99. The number of hydrazine groups is 1. The fraction of sp³-hybridized carbons (Fsp3) is 0.105. The van der Waals surface area contributed by atoms with Gasteiger partial charge in [-0.1, -0.05) is 52.4 Å². The highest BCUT2D eigenvalue weighted by molar-refractivity contribution is 7.89. The van der Waals surface area contributed by atoms with Crippen molar-refractivity contribution in [3.63, 3.8) is 0 Å². The molecule has 0 saturated heterocycles. The normalized spacial score (nSPS) is 17.4. The Morgan fingerprint density at radius 2 is 1.73 bits per heavy atom. The van der Waals surface area contributed by atoms with E-state index in [9.17, 15) is 8.42 Å². The number of hydrogen-bond acceptors (Lipinski definition) is 4. The predicted molar refractivity (Wildman–Crippen MR) is 100 cm³/mol. The number of amidine groups is 1. The van der Waals surface area contributed by atoms with Crippen LogP contribution in [0.5, 0.6) is 0 Å². The van der Waals surface area contributed by atoms with E-state index in [1.807, 2.05) is 37.3 Å². The summed E-state index contributed by atoms with van der Waals surface area (Å²) in [6.07, 6.45) is 3.41. The summed E-state index contributed by atoms with van der Waals surface area (Å²) in [6, 6.07) is 16.4. The summed E-state index contributed by atoms with van der Waals surface area (Å²) in [4.78, 5) is 0.211. The highest BCUT2D eigenvalue weighted by Gasteiger charge is 2.38. The second-order valence-electron chi connectivity index (χ2n) is 6.16. The minimum Gasteiger partial charge on any atom is -0.340 e. The summed E-state index contributed by atoms with van der Waals surface area (Å²) in [6.45, 7) is 2.09. The largest absolute Gasteiger partial charge is 0.340 e. The lowest BCUT2D eigenvalue weighted by Gasteiger charge is -2.34. The van der Waals surface area contributed by atoms with Crippen molar-refractivity contribution in [3.8, 4) is 0 Å². The minimum atomic E-state index is -3.74. The maximum atomic E-state index is 13.0. The Kier molecular flexibility index (Phi) is 3.90. The average Bonchev–Trinajstić information content (AvgIpc) is 3.08. The molecule has 2 N–H and O–H groups in total. The quantitative estimate of drug-likeness (QED) is 0.876. The number of hydrogen-bond donors (Lipinski definition) is 2. The first-order valence-electron chi connectivity index (χ1n) is 8.19. The van der Waals surface area contributed by atoms with E-state index >= 15 is 0 Å². The molecule has 7 heteroatoms. The van der Waals surface area contributed by atoms with Gasteiger partial charge in [-0.2, -0.15) is 0 Å². The number of fused-ring (bicyclic) bond motifs is 1. The molecule has 0 atom stereocenters. The van der Waals surface area contributed by atoms with Gasteiger partial charge in [0.05, 0.1) is 17.1 Å². The van der Waals surface area contributed by atoms with Gasteiger partial charge in [-0.25, -0.2) is 13.4 Å². The van der Waals surface area contributed by atoms with Gasteiger partial charge in [-0.15, -0.1) is 0 Å². The highest BCUT2D eigenvalue weighted by atomic mass is 32.2. The summed E-state index contributed by atoms with van der Waals surface area (Å²) in [5.41, 5.74) is 2.71. The Hall–Kier alpha value is -2.90. The maximum absolute atomic E-state index is 13.0. The van der Waals surface area contributed by atoms with E-state index < -0.39 is 10.0 Å². The van der Waals surface area contributed by atoms with Crippen LogP contribution in [0.3, 0.4) is 0 Å². The third kappa shape index (κ3) is 2.71. The Morgan fingerprint density at radius 1 is 1.04 bits per heavy atom. The first kappa shape index (κ1) is 16.6. The third-order valence-electron chi connectivity index (χ3n) is 4.35. The molecular weight excluding hydrogens is 348 g/mol. The van der Waals surface area contributed by atoms with Gasteiger partial charge in [0.2, 0.25) is 0 Å². The summed E-state index contributed by atoms with van der Waals surface area (Å²) in [7, 11) is -3.74. The van der Waals surface area contributed by atoms with Gasteiger partial charge < -0.3 is 5.32 Å². The van der Waals surface area contributed by atoms with Gasteiger partial charge in [-0.3, -0.25) is 5.41 Å². The van der Waals surface area contributed by atoms with Gasteiger partial charge in [0, 0.05) is 6.08 Å². The minimum absolute atomic E-state index is 0.0991. The zero-order chi connectivity index (χ0) is 18.3. The van der Waals surface area contributed by atoms with Crippen molar-refractivity contribution in [1.29, 1.82) is 5.41 Å². The van der Waals surface area contributed by atoms with Crippen molar-refractivity contribution in [2.45, 2.75) is 11.8 Å². The van der Waals surface area contributed by atoms with Crippen molar-refractivity contribution >= 4 is 21.6 Å². The van der Waals surface area contributed by atoms with Crippen molar-refractivity contribution in [2.75, 3.05) is 6.54 Å². The number of nitrogens with one attached hydrogen (secondary N) is 2. The van der Waals surface area contributed by atoms with Gasteiger partial charge in [0.1, 0.15) is 11.7 Å². The lowest BCUT2D eigenvalue weighted by Crippen LogP contribution is -2.48. The smallest absolute Gasteiger partial charge is 0.260 e. The number of sulfonamides is 1. The number of aryl methyl sites for hydroxylation is 1. The molecule has 6 nitrogen and oxygen atoms in total. The molecule has 132 valence electrons. The molecule has 0 radical (unpaired) electrons. The van der Waals surface area contributed by atoms with Crippen molar-refractivity contribution in [1.82, 2.24) is 14.7 Å². The van der Waals surface area contributed by atoms with E-state index in [1.165, 1.54) is 9.42 Å². The van der Waals surface area contributed by atoms with Crippen LogP contribution in [0.15, 0.2) is 77.5 Å². The van der Waals surface area contributed by atoms with Crippen LogP contribution in [-0.4, -0.2) is 30.2 Å². The van der Waals surface area contributed by atoms with E-state index in [-0.39, 0.29) is 17.3 Å². The molecule has 2 aliphatic heterocycles. The Labute approximate surface area is 152 Å². The molecule has 2 aromatic rings. The standard InChI is InChI=1S/C19H18N4O2S/c1-14-7-9-16(10-8-14)26(24,25)22-12-11-19-21-17(13-18(20)23(19)22)15-5-3-2-4-6-15/h2-11,13,20-21H,12H2,1H3. The van der Waals surface area contributed by atoms with Crippen LogP contribution in [0, 0.1) is 12.3 Å². The first-order chi connectivity index (χ1) is 12.5. The molecule has 0 amide bonds. The van der Waals surface area contributed by atoms with Crippen molar-refractivity contribution in [3.05, 3.63) is 83.7 Å². The van der Waals surface area contributed by atoms with Crippen molar-refractivity contribution < 1.29 is 8.42 Å². The number of rotatable bonds is 3. The van der Waals surface area contributed by atoms with Gasteiger partial charge in [0.15, 0.2) is 0 Å².